The number of amides is 1. The van der Waals surface area contributed by atoms with Crippen molar-refractivity contribution in [2.24, 2.45) is 0 Å². The van der Waals surface area contributed by atoms with Gasteiger partial charge in [0.2, 0.25) is 0 Å². The van der Waals surface area contributed by atoms with E-state index in [4.69, 9.17) is 5.73 Å². The Morgan fingerprint density at radius 2 is 1.85 bits per heavy atom. The standard InChI is InChI=1S/C24H33N9O/c1-30(2)10-4-9-26-24(34)19-15-28-33(17-19)23-22(25)27-16-21(29-23)18-5-7-20(8-6-18)32-13-11-31(3)12-14-32/h5-8,15-17H,4,9-14H2,1-3H3,(H2,25,27)(H,26,34). The first-order chi connectivity index (χ1) is 16.4. The Labute approximate surface area is 200 Å². The number of likely N-dealkylation sites (N-methyl/N-ethyl adjacent to an activating group) is 1. The molecule has 0 atom stereocenters. The maximum Gasteiger partial charge on any atom is 0.254 e. The highest BCUT2D eigenvalue weighted by molar-refractivity contribution is 5.93. The summed E-state index contributed by atoms with van der Waals surface area (Å²) in [6.45, 7) is 5.68. The summed E-state index contributed by atoms with van der Waals surface area (Å²) >= 11 is 0. The molecule has 34 heavy (non-hydrogen) atoms. The average Bonchev–Trinajstić information content (AvgIpc) is 3.33. The second-order valence-electron chi connectivity index (χ2n) is 8.89. The summed E-state index contributed by atoms with van der Waals surface area (Å²) in [6.07, 6.45) is 5.67. The predicted molar refractivity (Wildman–Crippen MR) is 134 cm³/mol. The van der Waals surface area contributed by atoms with E-state index >= 15 is 0 Å². The van der Waals surface area contributed by atoms with Crippen LogP contribution in [-0.4, -0.2) is 95.9 Å². The molecule has 3 N–H and O–H groups in total. The van der Waals surface area contributed by atoms with Crippen LogP contribution in [0.4, 0.5) is 11.5 Å². The molecule has 0 aliphatic carbocycles. The molecule has 1 aliphatic rings. The van der Waals surface area contributed by atoms with Gasteiger partial charge in [0, 0.05) is 50.2 Å². The topological polar surface area (TPSA) is 108 Å². The number of carbonyl (C=O) groups excluding carboxylic acids is 1. The van der Waals surface area contributed by atoms with Crippen LogP contribution in [0.5, 0.6) is 0 Å². The zero-order valence-electron chi connectivity index (χ0n) is 20.1. The van der Waals surface area contributed by atoms with Crippen LogP contribution in [-0.2, 0) is 0 Å². The van der Waals surface area contributed by atoms with Gasteiger partial charge in [-0.15, -0.1) is 0 Å². The minimum atomic E-state index is -0.174. The SMILES string of the molecule is CN(C)CCCNC(=O)c1cnn(-c2nc(-c3ccc(N4CCN(C)CC4)cc3)cnc2N)c1. The highest BCUT2D eigenvalue weighted by Crippen LogP contribution is 2.24. The molecule has 1 aliphatic heterocycles. The second-order valence-corrected chi connectivity index (χ2v) is 8.89. The largest absolute Gasteiger partial charge is 0.381 e. The third kappa shape index (κ3) is 5.70. The van der Waals surface area contributed by atoms with Crippen molar-refractivity contribution in [1.29, 1.82) is 0 Å². The van der Waals surface area contributed by atoms with Crippen molar-refractivity contribution < 1.29 is 4.79 Å². The van der Waals surface area contributed by atoms with E-state index in [9.17, 15) is 4.79 Å². The Kier molecular flexibility index (Phi) is 7.39. The van der Waals surface area contributed by atoms with Crippen LogP contribution in [0, 0.1) is 0 Å². The number of anilines is 2. The van der Waals surface area contributed by atoms with Gasteiger partial charge in [-0.1, -0.05) is 12.1 Å². The van der Waals surface area contributed by atoms with Gasteiger partial charge < -0.3 is 25.8 Å². The Morgan fingerprint density at radius 1 is 1.12 bits per heavy atom. The zero-order chi connectivity index (χ0) is 24.1. The summed E-state index contributed by atoms with van der Waals surface area (Å²) < 4.78 is 1.50. The van der Waals surface area contributed by atoms with Crippen LogP contribution in [0.2, 0.25) is 0 Å². The number of nitrogens with zero attached hydrogens (tertiary/aromatic N) is 7. The molecule has 1 saturated heterocycles. The summed E-state index contributed by atoms with van der Waals surface area (Å²) in [7, 11) is 6.17. The van der Waals surface area contributed by atoms with Crippen molar-refractivity contribution in [1.82, 2.24) is 34.9 Å². The minimum Gasteiger partial charge on any atom is -0.381 e. The quantitative estimate of drug-likeness (QED) is 0.482. The van der Waals surface area contributed by atoms with Gasteiger partial charge in [0.1, 0.15) is 0 Å². The highest BCUT2D eigenvalue weighted by atomic mass is 16.1. The van der Waals surface area contributed by atoms with Crippen molar-refractivity contribution in [3.63, 3.8) is 0 Å². The van der Waals surface area contributed by atoms with Crippen LogP contribution in [0.15, 0.2) is 42.9 Å². The van der Waals surface area contributed by atoms with Crippen molar-refractivity contribution >= 4 is 17.4 Å². The minimum absolute atomic E-state index is 0.174. The molecule has 1 fully saturated rings. The number of rotatable bonds is 8. The molecule has 0 bridgehead atoms. The number of benzene rings is 1. The molecule has 1 aromatic carbocycles. The van der Waals surface area contributed by atoms with Crippen molar-refractivity contribution in [3.05, 3.63) is 48.4 Å². The number of aromatic nitrogens is 4. The first kappa shape index (κ1) is 23.7. The van der Waals surface area contributed by atoms with E-state index in [0.717, 1.165) is 44.7 Å². The number of piperazine rings is 1. The van der Waals surface area contributed by atoms with Gasteiger partial charge in [0.15, 0.2) is 11.6 Å². The molecule has 4 rings (SSSR count). The summed E-state index contributed by atoms with van der Waals surface area (Å²) in [6, 6.07) is 8.33. The van der Waals surface area contributed by atoms with E-state index in [0.29, 0.717) is 23.6 Å². The van der Waals surface area contributed by atoms with Gasteiger partial charge >= 0.3 is 0 Å². The molecule has 10 nitrogen and oxygen atoms in total. The predicted octanol–water partition coefficient (Wildman–Crippen LogP) is 1.34. The summed E-state index contributed by atoms with van der Waals surface area (Å²) in [5.74, 6) is 0.471. The molecular formula is C24H33N9O. The second kappa shape index (κ2) is 10.6. The fraction of sp³-hybridized carbons (Fsp3) is 0.417. The molecule has 0 unspecified atom stereocenters. The van der Waals surface area contributed by atoms with Gasteiger partial charge in [-0.2, -0.15) is 5.10 Å². The normalized spacial score (nSPS) is 14.5. The molecule has 3 aromatic rings. The fourth-order valence-electron chi connectivity index (χ4n) is 3.86. The number of carbonyl (C=O) groups is 1. The number of nitrogens with two attached hydrogens (primary N) is 1. The summed E-state index contributed by atoms with van der Waals surface area (Å²) in [5.41, 5.74) is 9.38. The van der Waals surface area contributed by atoms with Gasteiger partial charge in [-0.3, -0.25) is 4.79 Å². The molecule has 2 aromatic heterocycles. The lowest BCUT2D eigenvalue weighted by molar-refractivity contribution is 0.0952. The van der Waals surface area contributed by atoms with Crippen LogP contribution in [0.3, 0.4) is 0 Å². The maximum absolute atomic E-state index is 12.4. The first-order valence-electron chi connectivity index (χ1n) is 11.5. The first-order valence-corrected chi connectivity index (χ1v) is 11.5. The molecule has 3 heterocycles. The molecule has 0 radical (unpaired) electrons. The van der Waals surface area contributed by atoms with Crippen LogP contribution < -0.4 is 16.0 Å². The Balaban J connectivity index is 1.46. The number of hydrogen-bond donors (Lipinski definition) is 2. The third-order valence-electron chi connectivity index (χ3n) is 5.94. The molecular weight excluding hydrogens is 430 g/mol. The van der Waals surface area contributed by atoms with Crippen LogP contribution in [0.25, 0.3) is 17.1 Å². The molecule has 10 heteroatoms. The number of nitrogens with one attached hydrogen (secondary N) is 1. The number of nitrogen functional groups attached to an aromatic ring is 1. The fourth-order valence-corrected chi connectivity index (χ4v) is 3.86. The van der Waals surface area contributed by atoms with E-state index in [2.05, 4.69) is 54.3 Å². The summed E-state index contributed by atoms with van der Waals surface area (Å²) in [4.78, 5) is 28.3. The van der Waals surface area contributed by atoms with Gasteiger partial charge in [-0.05, 0) is 46.2 Å². The lowest BCUT2D eigenvalue weighted by Crippen LogP contribution is -2.44. The maximum atomic E-state index is 12.4. The smallest absolute Gasteiger partial charge is 0.254 e. The van der Waals surface area contributed by atoms with Crippen molar-refractivity contribution in [2.75, 3.05) is 71.0 Å². The third-order valence-corrected chi connectivity index (χ3v) is 5.94. The zero-order valence-corrected chi connectivity index (χ0v) is 20.1. The lowest BCUT2D eigenvalue weighted by Gasteiger charge is -2.34. The van der Waals surface area contributed by atoms with E-state index in [1.807, 2.05) is 26.2 Å². The molecule has 180 valence electrons. The van der Waals surface area contributed by atoms with E-state index in [-0.39, 0.29) is 11.7 Å². The van der Waals surface area contributed by atoms with Crippen LogP contribution in [0.1, 0.15) is 16.8 Å². The van der Waals surface area contributed by atoms with Gasteiger partial charge in [-0.25, -0.2) is 14.6 Å². The van der Waals surface area contributed by atoms with E-state index in [1.165, 1.54) is 16.6 Å². The molecule has 1 amide bonds. The van der Waals surface area contributed by atoms with Crippen molar-refractivity contribution in [3.8, 4) is 17.1 Å². The Morgan fingerprint density at radius 3 is 2.56 bits per heavy atom. The van der Waals surface area contributed by atoms with E-state index < -0.39 is 0 Å². The number of hydrogen-bond acceptors (Lipinski definition) is 8. The van der Waals surface area contributed by atoms with E-state index in [1.54, 1.807) is 12.4 Å². The average molecular weight is 464 g/mol. The lowest BCUT2D eigenvalue weighted by atomic mass is 10.1. The van der Waals surface area contributed by atoms with Gasteiger partial charge in [0.05, 0.1) is 23.7 Å². The monoisotopic (exact) mass is 463 g/mol. The summed E-state index contributed by atoms with van der Waals surface area (Å²) in [5, 5.41) is 7.21. The molecule has 0 spiro atoms. The van der Waals surface area contributed by atoms with Crippen molar-refractivity contribution in [2.45, 2.75) is 6.42 Å². The Bertz CT molecular complexity index is 1100. The molecule has 0 saturated carbocycles. The Hall–Kier alpha value is -3.50. The van der Waals surface area contributed by atoms with Crippen LogP contribution >= 0.6 is 0 Å². The van der Waals surface area contributed by atoms with Gasteiger partial charge in [0.25, 0.3) is 5.91 Å². The highest BCUT2D eigenvalue weighted by Gasteiger charge is 2.16.